The minimum atomic E-state index is -0.364. The van der Waals surface area contributed by atoms with Crippen LogP contribution in [0.4, 0.5) is 0 Å². The van der Waals surface area contributed by atoms with Gasteiger partial charge in [0, 0.05) is 0 Å². The van der Waals surface area contributed by atoms with E-state index in [0.717, 1.165) is 25.2 Å². The van der Waals surface area contributed by atoms with Gasteiger partial charge in [-0.25, -0.2) is 0 Å². The van der Waals surface area contributed by atoms with Crippen molar-refractivity contribution < 1.29 is 39.7 Å². The average Bonchev–Trinajstić information content (AvgIpc) is 2.48. The van der Waals surface area contributed by atoms with Crippen LogP contribution < -0.4 is 34.6 Å². The molecule has 0 radical (unpaired) electrons. The Hall–Kier alpha value is -0.580. The third kappa shape index (κ3) is 5.61. The highest BCUT2D eigenvalue weighted by molar-refractivity contribution is 5.17. The van der Waals surface area contributed by atoms with Crippen molar-refractivity contribution in [2.75, 3.05) is 32.7 Å². The fraction of sp³-hybridized carbons (Fsp3) is 0.500. The van der Waals surface area contributed by atoms with E-state index < -0.39 is 0 Å². The van der Waals surface area contributed by atoms with Gasteiger partial charge in [0.15, 0.2) is 0 Å². The topological polar surface area (TPSA) is 29.1 Å². The molecule has 1 aromatic rings. The average molecular weight is 333 g/mol. The van der Waals surface area contributed by atoms with Crippen LogP contribution in [0, 0.1) is 0 Å². The zero-order chi connectivity index (χ0) is 13.7. The Kier molecular flexibility index (Phi) is 9.92. The Bertz CT molecular complexity index is 395. The normalized spacial score (nSPS) is 24.1. The molecule has 0 spiro atoms. The van der Waals surface area contributed by atoms with Gasteiger partial charge in [0.25, 0.3) is 0 Å². The van der Waals surface area contributed by atoms with Gasteiger partial charge < -0.3 is 39.7 Å². The van der Waals surface area contributed by atoms with Gasteiger partial charge in [-0.05, 0) is 18.6 Å². The molecule has 120 valence electrons. The summed E-state index contributed by atoms with van der Waals surface area (Å²) in [7, 11) is 0. The van der Waals surface area contributed by atoms with Gasteiger partial charge >= 0.3 is 0 Å². The van der Waals surface area contributed by atoms with Crippen LogP contribution in [0.3, 0.4) is 0 Å². The molecule has 0 aliphatic carbocycles. The quantitative estimate of drug-likeness (QED) is 0.460. The molecule has 3 N–H and O–H groups in total. The van der Waals surface area contributed by atoms with E-state index in [1.165, 1.54) is 18.0 Å². The van der Waals surface area contributed by atoms with Crippen LogP contribution in [-0.4, -0.2) is 43.9 Å². The van der Waals surface area contributed by atoms with E-state index in [1.807, 2.05) is 36.4 Å². The van der Waals surface area contributed by atoms with Crippen molar-refractivity contribution in [1.82, 2.24) is 0 Å². The number of quaternary nitrogens is 2. The molecular weight excluding hydrogens is 307 g/mol. The van der Waals surface area contributed by atoms with Crippen LogP contribution in [0.5, 0.6) is 0 Å². The number of benzene rings is 1. The molecule has 1 saturated heterocycles. The van der Waals surface area contributed by atoms with Crippen molar-refractivity contribution in [3.8, 4) is 0 Å². The minimum absolute atomic E-state index is 0. The number of piperazine rings is 1. The second-order valence-corrected chi connectivity index (χ2v) is 5.55. The molecular formula is C16H26Cl2N2O. The largest absolute Gasteiger partial charge is 1.00 e. The molecule has 1 heterocycles. The lowest BCUT2D eigenvalue weighted by molar-refractivity contribution is -1.02. The molecule has 21 heavy (non-hydrogen) atoms. The van der Waals surface area contributed by atoms with E-state index in [0.29, 0.717) is 0 Å². The van der Waals surface area contributed by atoms with Crippen LogP contribution in [-0.2, 0) is 0 Å². The van der Waals surface area contributed by atoms with E-state index in [-0.39, 0.29) is 37.0 Å². The smallest absolute Gasteiger partial charge is 0.130 e. The van der Waals surface area contributed by atoms with E-state index in [2.05, 4.69) is 13.5 Å². The molecule has 2 rings (SSSR count). The van der Waals surface area contributed by atoms with E-state index in [9.17, 15) is 5.11 Å². The van der Waals surface area contributed by atoms with Crippen LogP contribution in [0.15, 0.2) is 43.0 Å². The SMILES string of the molecule is C=CC[NH+]1CC[NH+](C(C)C(O)c2ccccc2)CC1.[Cl-].[Cl-]. The van der Waals surface area contributed by atoms with Crippen molar-refractivity contribution >= 4 is 0 Å². The molecule has 2 atom stereocenters. The Balaban J connectivity index is 0.00000200. The molecule has 1 aromatic carbocycles. The van der Waals surface area contributed by atoms with Crippen LogP contribution in [0.1, 0.15) is 18.6 Å². The lowest BCUT2D eigenvalue weighted by atomic mass is 10.0. The zero-order valence-electron chi connectivity index (χ0n) is 12.6. The first-order valence-corrected chi connectivity index (χ1v) is 7.24. The molecule has 0 amide bonds. The molecule has 1 aliphatic rings. The van der Waals surface area contributed by atoms with Gasteiger partial charge in [-0.1, -0.05) is 36.9 Å². The summed E-state index contributed by atoms with van der Waals surface area (Å²) in [5.41, 5.74) is 1.03. The first-order valence-electron chi connectivity index (χ1n) is 7.24. The maximum Gasteiger partial charge on any atom is 0.130 e. The highest BCUT2D eigenvalue weighted by Gasteiger charge is 2.31. The monoisotopic (exact) mass is 332 g/mol. The van der Waals surface area contributed by atoms with E-state index in [1.54, 1.807) is 4.90 Å². The summed E-state index contributed by atoms with van der Waals surface area (Å²) < 4.78 is 0. The summed E-state index contributed by atoms with van der Waals surface area (Å²) in [6.45, 7) is 11.6. The second-order valence-electron chi connectivity index (χ2n) is 5.55. The Labute approximate surface area is 140 Å². The molecule has 0 aromatic heterocycles. The maximum atomic E-state index is 10.5. The highest BCUT2D eigenvalue weighted by Crippen LogP contribution is 2.14. The Morgan fingerprint density at radius 1 is 1.14 bits per heavy atom. The minimum Gasteiger partial charge on any atom is -1.00 e. The van der Waals surface area contributed by atoms with Crippen molar-refractivity contribution in [3.63, 3.8) is 0 Å². The third-order valence-electron chi connectivity index (χ3n) is 4.29. The number of halogens is 2. The molecule has 1 aliphatic heterocycles. The molecule has 3 nitrogen and oxygen atoms in total. The first kappa shape index (κ1) is 20.4. The molecule has 2 unspecified atom stereocenters. The van der Waals surface area contributed by atoms with Crippen molar-refractivity contribution in [2.24, 2.45) is 0 Å². The van der Waals surface area contributed by atoms with Crippen molar-refractivity contribution in [3.05, 3.63) is 48.6 Å². The summed E-state index contributed by atoms with van der Waals surface area (Å²) >= 11 is 0. The van der Waals surface area contributed by atoms with Gasteiger partial charge in [0.1, 0.15) is 38.3 Å². The Morgan fingerprint density at radius 2 is 1.71 bits per heavy atom. The summed E-state index contributed by atoms with van der Waals surface area (Å²) in [6.07, 6.45) is 1.64. The fourth-order valence-electron chi connectivity index (χ4n) is 2.95. The standard InChI is InChI=1S/C16H24N2O.2ClH/c1-3-9-17-10-12-18(13-11-17)14(2)16(19)15-7-5-4-6-8-15;;/h3-8,14,16,19H,1,9-13H2,2H3;2*1H. The summed E-state index contributed by atoms with van der Waals surface area (Å²) in [6, 6.07) is 10.3. The molecule has 0 bridgehead atoms. The number of hydrogen-bond acceptors (Lipinski definition) is 1. The lowest BCUT2D eigenvalue weighted by Crippen LogP contribution is -3.29. The number of nitrogens with one attached hydrogen (secondary N) is 2. The van der Waals surface area contributed by atoms with E-state index >= 15 is 0 Å². The Morgan fingerprint density at radius 3 is 2.24 bits per heavy atom. The highest BCUT2D eigenvalue weighted by atomic mass is 35.5. The number of aliphatic hydroxyl groups is 1. The fourth-order valence-corrected chi connectivity index (χ4v) is 2.95. The predicted molar refractivity (Wildman–Crippen MR) is 77.3 cm³/mol. The van der Waals surface area contributed by atoms with Gasteiger partial charge in [-0.2, -0.15) is 0 Å². The van der Waals surface area contributed by atoms with E-state index in [4.69, 9.17) is 0 Å². The molecule has 5 heteroatoms. The van der Waals surface area contributed by atoms with Crippen molar-refractivity contribution in [2.45, 2.75) is 19.1 Å². The summed E-state index contributed by atoms with van der Waals surface area (Å²) in [4.78, 5) is 3.13. The second kappa shape index (κ2) is 10.2. The maximum absolute atomic E-state index is 10.5. The molecule has 0 saturated carbocycles. The predicted octanol–water partition coefficient (Wildman–Crippen LogP) is -6.91. The molecule has 1 fully saturated rings. The third-order valence-corrected chi connectivity index (χ3v) is 4.29. The van der Waals surface area contributed by atoms with Gasteiger partial charge in [-0.3, -0.25) is 0 Å². The van der Waals surface area contributed by atoms with Crippen LogP contribution in [0.2, 0.25) is 0 Å². The number of aliphatic hydroxyl groups excluding tert-OH is 1. The number of hydrogen-bond donors (Lipinski definition) is 3. The first-order chi connectivity index (χ1) is 9.22. The zero-order valence-corrected chi connectivity index (χ0v) is 14.1. The van der Waals surface area contributed by atoms with Gasteiger partial charge in [0.05, 0.1) is 6.54 Å². The lowest BCUT2D eigenvalue weighted by Gasteiger charge is -2.34. The van der Waals surface area contributed by atoms with Gasteiger partial charge in [0.2, 0.25) is 0 Å². The van der Waals surface area contributed by atoms with Crippen molar-refractivity contribution in [1.29, 1.82) is 0 Å². The van der Waals surface area contributed by atoms with Gasteiger partial charge in [-0.15, -0.1) is 0 Å². The summed E-state index contributed by atoms with van der Waals surface area (Å²) in [5, 5.41) is 10.5. The van der Waals surface area contributed by atoms with Crippen LogP contribution in [0.25, 0.3) is 0 Å². The van der Waals surface area contributed by atoms with Crippen LogP contribution >= 0.6 is 0 Å². The number of rotatable bonds is 5. The summed E-state index contributed by atoms with van der Waals surface area (Å²) in [5.74, 6) is 0.